The molecule has 1 aromatic heterocycles. The molecule has 0 saturated carbocycles. The van der Waals surface area contributed by atoms with Crippen molar-refractivity contribution in [3.8, 4) is 0 Å². The molecule has 0 aliphatic carbocycles. The number of carbonyl (C=O) groups is 2. The lowest BCUT2D eigenvalue weighted by Gasteiger charge is -2.20. The fraction of sp³-hybridized carbons (Fsp3) is 0.421. The fourth-order valence-electron chi connectivity index (χ4n) is 2.47. The summed E-state index contributed by atoms with van der Waals surface area (Å²) >= 11 is 2.86. The van der Waals surface area contributed by atoms with Crippen LogP contribution in [0.1, 0.15) is 38.1 Å². The molecule has 0 radical (unpaired) electrons. The first-order valence-corrected chi connectivity index (χ1v) is 9.68. The monoisotopic (exact) mass is 473 g/mol. The molecule has 0 aliphatic rings. The highest BCUT2D eigenvalue weighted by Crippen LogP contribution is 2.34. The van der Waals surface area contributed by atoms with Gasteiger partial charge in [0.1, 0.15) is 17.0 Å². The largest absolute Gasteiger partial charge is 0.462 e. The summed E-state index contributed by atoms with van der Waals surface area (Å²) < 4.78 is 38.4. The first kappa shape index (κ1) is 22.8. The van der Waals surface area contributed by atoms with Crippen LogP contribution in [0.2, 0.25) is 0 Å². The number of anilines is 1. The molecular weight excluding hydrogens is 452 g/mol. The summed E-state index contributed by atoms with van der Waals surface area (Å²) in [5, 5.41) is 5.39. The van der Waals surface area contributed by atoms with Crippen LogP contribution in [0, 0.1) is 11.6 Å². The van der Waals surface area contributed by atoms with Gasteiger partial charge in [0.25, 0.3) is 0 Å². The predicted molar refractivity (Wildman–Crippen MR) is 108 cm³/mol. The number of hydrogen-bond donors (Lipinski definition) is 2. The number of aromatic nitrogens is 1. The molecule has 0 spiro atoms. The standard InChI is InChI=1S/C19H22BrF2N3O4/c1-5-28-17(26)10-9-25-12-8-11(21)14(20)15(22)13(12)16(10)23-6-7-24-18(27)29-19(2,3)4/h8-9H,5-7H2,1-4H3,(H,23,25)(H,24,27). The van der Waals surface area contributed by atoms with Gasteiger partial charge in [0, 0.05) is 25.4 Å². The zero-order valence-electron chi connectivity index (χ0n) is 16.5. The van der Waals surface area contributed by atoms with Gasteiger partial charge in [-0.05, 0) is 43.6 Å². The lowest BCUT2D eigenvalue weighted by atomic mass is 10.1. The fourth-order valence-corrected chi connectivity index (χ4v) is 2.78. The van der Waals surface area contributed by atoms with E-state index in [0.29, 0.717) is 0 Å². The molecule has 0 fully saturated rings. The zero-order chi connectivity index (χ0) is 21.8. The zero-order valence-corrected chi connectivity index (χ0v) is 18.1. The third kappa shape index (κ3) is 5.75. The number of benzene rings is 1. The van der Waals surface area contributed by atoms with Crippen molar-refractivity contribution in [2.24, 2.45) is 0 Å². The van der Waals surface area contributed by atoms with Gasteiger partial charge in [-0.25, -0.2) is 18.4 Å². The van der Waals surface area contributed by atoms with E-state index in [1.54, 1.807) is 27.7 Å². The maximum absolute atomic E-state index is 14.8. The second-order valence-electron chi connectivity index (χ2n) is 7.00. The molecule has 2 N–H and O–H groups in total. The number of esters is 1. The van der Waals surface area contributed by atoms with Gasteiger partial charge in [0.2, 0.25) is 0 Å². The number of amides is 1. The average Bonchev–Trinajstić information content (AvgIpc) is 2.61. The number of nitrogens with zero attached hydrogens (tertiary/aromatic N) is 1. The number of hydrogen-bond acceptors (Lipinski definition) is 6. The van der Waals surface area contributed by atoms with E-state index in [2.05, 4.69) is 31.5 Å². The van der Waals surface area contributed by atoms with Crippen LogP contribution in [-0.4, -0.2) is 42.3 Å². The first-order valence-electron chi connectivity index (χ1n) is 8.89. The molecule has 1 aromatic carbocycles. The summed E-state index contributed by atoms with van der Waals surface area (Å²) in [6.07, 6.45) is 0.581. The Morgan fingerprint density at radius 2 is 1.93 bits per heavy atom. The third-order valence-electron chi connectivity index (χ3n) is 3.58. The molecule has 158 valence electrons. The Morgan fingerprint density at radius 1 is 1.24 bits per heavy atom. The quantitative estimate of drug-likeness (QED) is 0.367. The van der Waals surface area contributed by atoms with Crippen molar-refractivity contribution in [3.05, 3.63) is 33.9 Å². The van der Waals surface area contributed by atoms with E-state index in [1.807, 2.05) is 0 Å². The van der Waals surface area contributed by atoms with Gasteiger partial charge in [-0.15, -0.1) is 0 Å². The van der Waals surface area contributed by atoms with E-state index in [1.165, 1.54) is 6.20 Å². The van der Waals surface area contributed by atoms with Gasteiger partial charge >= 0.3 is 12.1 Å². The van der Waals surface area contributed by atoms with Crippen LogP contribution in [0.25, 0.3) is 10.9 Å². The Morgan fingerprint density at radius 3 is 2.55 bits per heavy atom. The number of rotatable bonds is 6. The number of carbonyl (C=O) groups excluding carboxylic acids is 2. The molecule has 7 nitrogen and oxygen atoms in total. The van der Waals surface area contributed by atoms with Crippen LogP contribution in [0.3, 0.4) is 0 Å². The Kier molecular flexibility index (Phi) is 7.34. The Labute approximate surface area is 175 Å². The van der Waals surface area contributed by atoms with Crippen molar-refractivity contribution in [1.82, 2.24) is 10.3 Å². The number of ether oxygens (including phenoxy) is 2. The second-order valence-corrected chi connectivity index (χ2v) is 7.80. The van der Waals surface area contributed by atoms with E-state index in [4.69, 9.17) is 9.47 Å². The van der Waals surface area contributed by atoms with Crippen LogP contribution in [0.15, 0.2) is 16.7 Å². The SMILES string of the molecule is CCOC(=O)c1cnc2cc(F)c(Br)c(F)c2c1NCCNC(=O)OC(C)(C)C. The summed E-state index contributed by atoms with van der Waals surface area (Å²) in [4.78, 5) is 28.0. The molecule has 10 heteroatoms. The van der Waals surface area contributed by atoms with Crippen molar-refractivity contribution in [1.29, 1.82) is 0 Å². The van der Waals surface area contributed by atoms with Crippen molar-refractivity contribution in [3.63, 3.8) is 0 Å². The Balaban J connectivity index is 2.31. The lowest BCUT2D eigenvalue weighted by molar-refractivity contribution is 0.0516. The molecule has 0 unspecified atom stereocenters. The third-order valence-corrected chi connectivity index (χ3v) is 4.31. The van der Waals surface area contributed by atoms with Crippen LogP contribution in [0.4, 0.5) is 19.3 Å². The van der Waals surface area contributed by atoms with E-state index in [0.717, 1.165) is 6.07 Å². The number of nitrogens with one attached hydrogen (secondary N) is 2. The molecule has 0 aliphatic heterocycles. The minimum atomic E-state index is -0.902. The summed E-state index contributed by atoms with van der Waals surface area (Å²) in [5.41, 5.74) is -0.527. The van der Waals surface area contributed by atoms with Crippen LogP contribution >= 0.6 is 15.9 Å². The Bertz CT molecular complexity index is 932. The van der Waals surface area contributed by atoms with Gasteiger partial charge in [0.05, 0.1) is 27.7 Å². The van der Waals surface area contributed by atoms with E-state index >= 15 is 0 Å². The molecule has 29 heavy (non-hydrogen) atoms. The van der Waals surface area contributed by atoms with Gasteiger partial charge in [-0.1, -0.05) is 0 Å². The van der Waals surface area contributed by atoms with E-state index in [-0.39, 0.29) is 46.3 Å². The molecule has 2 aromatic rings. The first-order chi connectivity index (χ1) is 13.5. The minimum absolute atomic E-state index is 0.00553. The highest BCUT2D eigenvalue weighted by Gasteiger charge is 2.22. The van der Waals surface area contributed by atoms with E-state index < -0.39 is 29.3 Å². The van der Waals surface area contributed by atoms with Gasteiger partial charge < -0.3 is 20.1 Å². The average molecular weight is 474 g/mol. The Hall–Kier alpha value is -2.49. The van der Waals surface area contributed by atoms with Crippen molar-refractivity contribution in [2.45, 2.75) is 33.3 Å². The molecule has 0 saturated heterocycles. The molecule has 0 atom stereocenters. The van der Waals surface area contributed by atoms with Gasteiger partial charge in [-0.2, -0.15) is 0 Å². The normalized spacial score (nSPS) is 11.3. The van der Waals surface area contributed by atoms with Crippen LogP contribution < -0.4 is 10.6 Å². The van der Waals surface area contributed by atoms with Crippen LogP contribution in [-0.2, 0) is 9.47 Å². The van der Waals surface area contributed by atoms with E-state index in [9.17, 15) is 18.4 Å². The molecular formula is C19H22BrF2N3O4. The van der Waals surface area contributed by atoms with Crippen molar-refractivity contribution < 1.29 is 27.8 Å². The lowest BCUT2D eigenvalue weighted by Crippen LogP contribution is -2.35. The number of pyridine rings is 1. The van der Waals surface area contributed by atoms with Gasteiger partial charge in [0.15, 0.2) is 5.82 Å². The highest BCUT2D eigenvalue weighted by molar-refractivity contribution is 9.10. The summed E-state index contributed by atoms with van der Waals surface area (Å²) in [6, 6.07) is 1.06. The van der Waals surface area contributed by atoms with Crippen LogP contribution in [0.5, 0.6) is 0 Å². The molecule has 0 bridgehead atoms. The second kappa shape index (κ2) is 9.34. The maximum Gasteiger partial charge on any atom is 0.407 e. The smallest absolute Gasteiger partial charge is 0.407 e. The van der Waals surface area contributed by atoms with Gasteiger partial charge in [-0.3, -0.25) is 4.98 Å². The number of halogens is 3. The summed E-state index contributed by atoms with van der Waals surface area (Å²) in [6.45, 7) is 7.23. The number of fused-ring (bicyclic) bond motifs is 1. The predicted octanol–water partition coefficient (Wildman–Crippen LogP) is 4.39. The summed E-state index contributed by atoms with van der Waals surface area (Å²) in [5.74, 6) is -2.42. The molecule has 2 rings (SSSR count). The van der Waals surface area contributed by atoms with Crippen molar-refractivity contribution in [2.75, 3.05) is 25.0 Å². The number of alkyl carbamates (subject to hydrolysis) is 1. The highest BCUT2D eigenvalue weighted by atomic mass is 79.9. The molecule has 1 amide bonds. The maximum atomic E-state index is 14.8. The topological polar surface area (TPSA) is 89.5 Å². The summed E-state index contributed by atoms with van der Waals surface area (Å²) in [7, 11) is 0. The van der Waals surface area contributed by atoms with Crippen molar-refractivity contribution >= 4 is 44.6 Å². The minimum Gasteiger partial charge on any atom is -0.462 e. The molecule has 1 heterocycles.